The monoisotopic (exact) mass is 353 g/mol. The van der Waals surface area contributed by atoms with E-state index in [1.807, 2.05) is 5.38 Å². The first-order valence-corrected chi connectivity index (χ1v) is 8.54. The molecule has 0 unspecified atom stereocenters. The molecule has 5 nitrogen and oxygen atoms in total. The van der Waals surface area contributed by atoms with Crippen molar-refractivity contribution in [3.05, 3.63) is 52.0 Å². The Morgan fingerprint density at radius 2 is 2.29 bits per heavy atom. The summed E-state index contributed by atoms with van der Waals surface area (Å²) in [6.07, 6.45) is 0.213. The Labute approximate surface area is 142 Å². The average Bonchev–Trinajstić information content (AvgIpc) is 3.11. The first-order valence-electron chi connectivity index (χ1n) is 7.60. The second kappa shape index (κ2) is 7.67. The number of nitrogens with one attached hydrogen (secondary N) is 1. The second-order valence-corrected chi connectivity index (χ2v) is 6.16. The maximum Gasteiger partial charge on any atom is 0.317 e. The minimum atomic E-state index is -0.916. The zero-order valence-corrected chi connectivity index (χ0v) is 13.7. The van der Waals surface area contributed by atoms with Crippen molar-refractivity contribution in [1.82, 2.24) is 15.2 Å². The van der Waals surface area contributed by atoms with Crippen LogP contribution >= 0.6 is 11.3 Å². The quantitative estimate of drug-likeness (QED) is 0.920. The number of thiazole rings is 1. The van der Waals surface area contributed by atoms with E-state index < -0.39 is 17.7 Å². The highest BCUT2D eigenvalue weighted by molar-refractivity contribution is 7.07. The number of nitrogens with zero attached hydrogens (tertiary/aromatic N) is 2. The molecule has 1 aliphatic heterocycles. The van der Waals surface area contributed by atoms with Crippen LogP contribution in [0.3, 0.4) is 0 Å². The minimum absolute atomic E-state index is 0.193. The van der Waals surface area contributed by atoms with E-state index in [9.17, 15) is 13.6 Å². The summed E-state index contributed by atoms with van der Waals surface area (Å²) in [5.41, 5.74) is 3.22. The number of benzene rings is 1. The fourth-order valence-corrected chi connectivity index (χ4v) is 3.11. The lowest BCUT2D eigenvalue weighted by Gasteiger charge is -2.33. The van der Waals surface area contributed by atoms with Crippen LogP contribution in [-0.4, -0.2) is 42.2 Å². The highest BCUT2D eigenvalue weighted by Crippen LogP contribution is 2.23. The number of urea groups is 1. The van der Waals surface area contributed by atoms with Crippen LogP contribution < -0.4 is 5.32 Å². The van der Waals surface area contributed by atoms with E-state index in [1.54, 1.807) is 10.4 Å². The van der Waals surface area contributed by atoms with Gasteiger partial charge in [0.2, 0.25) is 0 Å². The summed E-state index contributed by atoms with van der Waals surface area (Å²) >= 11 is 1.52. The van der Waals surface area contributed by atoms with Gasteiger partial charge in [-0.3, -0.25) is 0 Å². The van der Waals surface area contributed by atoms with Crippen LogP contribution in [0.1, 0.15) is 17.4 Å². The zero-order valence-electron chi connectivity index (χ0n) is 12.9. The summed E-state index contributed by atoms with van der Waals surface area (Å²) in [4.78, 5) is 18.0. The van der Waals surface area contributed by atoms with Gasteiger partial charge >= 0.3 is 6.03 Å². The summed E-state index contributed by atoms with van der Waals surface area (Å²) in [5, 5.41) is 4.79. The molecular weight excluding hydrogens is 336 g/mol. The number of carbonyl (C=O) groups excluding carboxylic acids is 1. The largest absolute Gasteiger partial charge is 0.370 e. The van der Waals surface area contributed by atoms with Gasteiger partial charge in [0.25, 0.3) is 0 Å². The van der Waals surface area contributed by atoms with Crippen molar-refractivity contribution >= 4 is 17.4 Å². The third kappa shape index (κ3) is 4.07. The van der Waals surface area contributed by atoms with Gasteiger partial charge in [0, 0.05) is 24.9 Å². The number of halogens is 2. The van der Waals surface area contributed by atoms with Crippen LogP contribution in [0.25, 0.3) is 0 Å². The van der Waals surface area contributed by atoms with Crippen LogP contribution in [-0.2, 0) is 11.2 Å². The maximum absolute atomic E-state index is 13.4. The lowest BCUT2D eigenvalue weighted by molar-refractivity contribution is -0.0155. The normalized spacial score (nSPS) is 17.8. The zero-order chi connectivity index (χ0) is 16.9. The third-order valence-electron chi connectivity index (χ3n) is 3.81. The SMILES string of the molecule is O=C(NCCc1cscn1)N1CCO[C@H](c2ccc(F)c(F)c2)C1. The number of rotatable bonds is 4. The molecule has 0 aliphatic carbocycles. The predicted octanol–water partition coefficient (Wildman–Crippen LogP) is 2.75. The van der Waals surface area contributed by atoms with Gasteiger partial charge in [-0.05, 0) is 17.7 Å². The van der Waals surface area contributed by atoms with Crippen molar-refractivity contribution in [3.8, 4) is 0 Å². The molecule has 0 radical (unpaired) electrons. The lowest BCUT2D eigenvalue weighted by atomic mass is 10.1. The standard InChI is InChI=1S/C16H17F2N3O2S/c17-13-2-1-11(7-14(13)18)15-8-21(5-6-23-15)16(22)19-4-3-12-9-24-10-20-12/h1-2,7,9-10,15H,3-6,8H2,(H,19,22)/t15-/m0/s1. The van der Waals surface area contributed by atoms with Gasteiger partial charge in [-0.1, -0.05) is 6.07 Å². The van der Waals surface area contributed by atoms with Gasteiger partial charge < -0.3 is 15.0 Å². The van der Waals surface area contributed by atoms with Gasteiger partial charge in [0.15, 0.2) is 11.6 Å². The summed E-state index contributed by atoms with van der Waals surface area (Å²) in [5.74, 6) is -1.81. The Morgan fingerprint density at radius 1 is 1.42 bits per heavy atom. The van der Waals surface area contributed by atoms with Gasteiger partial charge in [0.05, 0.1) is 24.4 Å². The number of amides is 2. The molecule has 0 bridgehead atoms. The molecule has 2 aromatic rings. The average molecular weight is 353 g/mol. The Hall–Kier alpha value is -2.06. The molecule has 1 aliphatic rings. The van der Waals surface area contributed by atoms with E-state index >= 15 is 0 Å². The highest BCUT2D eigenvalue weighted by atomic mass is 32.1. The lowest BCUT2D eigenvalue weighted by Crippen LogP contribution is -2.47. The summed E-state index contributed by atoms with van der Waals surface area (Å²) in [7, 11) is 0. The van der Waals surface area contributed by atoms with E-state index in [-0.39, 0.29) is 6.03 Å². The molecule has 128 valence electrons. The fraction of sp³-hybridized carbons (Fsp3) is 0.375. The molecule has 1 aromatic carbocycles. The van der Waals surface area contributed by atoms with Gasteiger partial charge in [-0.2, -0.15) is 0 Å². The number of hydrogen-bond donors (Lipinski definition) is 1. The van der Waals surface area contributed by atoms with Crippen molar-refractivity contribution in [2.45, 2.75) is 12.5 Å². The van der Waals surface area contributed by atoms with E-state index in [0.717, 1.165) is 17.8 Å². The van der Waals surface area contributed by atoms with Crippen molar-refractivity contribution in [2.24, 2.45) is 0 Å². The molecule has 1 aromatic heterocycles. The van der Waals surface area contributed by atoms with Crippen molar-refractivity contribution in [3.63, 3.8) is 0 Å². The van der Waals surface area contributed by atoms with Gasteiger partial charge in [0.1, 0.15) is 6.10 Å². The molecule has 1 saturated heterocycles. The smallest absolute Gasteiger partial charge is 0.317 e. The molecule has 1 fully saturated rings. The molecule has 24 heavy (non-hydrogen) atoms. The fourth-order valence-electron chi connectivity index (χ4n) is 2.52. The van der Waals surface area contributed by atoms with Crippen LogP contribution in [0, 0.1) is 11.6 Å². The van der Waals surface area contributed by atoms with Crippen molar-refractivity contribution in [2.75, 3.05) is 26.2 Å². The number of aromatic nitrogens is 1. The number of morpholine rings is 1. The van der Waals surface area contributed by atoms with Gasteiger partial charge in [-0.15, -0.1) is 11.3 Å². The molecular formula is C16H17F2N3O2S. The van der Waals surface area contributed by atoms with Crippen molar-refractivity contribution < 1.29 is 18.3 Å². The maximum atomic E-state index is 13.4. The highest BCUT2D eigenvalue weighted by Gasteiger charge is 2.25. The first kappa shape index (κ1) is 16.8. The van der Waals surface area contributed by atoms with Crippen LogP contribution in [0.2, 0.25) is 0 Å². The molecule has 3 rings (SSSR count). The molecule has 0 spiro atoms. The topological polar surface area (TPSA) is 54.5 Å². The van der Waals surface area contributed by atoms with E-state index in [1.165, 1.54) is 17.4 Å². The van der Waals surface area contributed by atoms with E-state index in [0.29, 0.717) is 38.2 Å². The molecule has 1 atom stereocenters. The van der Waals surface area contributed by atoms with E-state index in [2.05, 4.69) is 10.3 Å². The number of carbonyl (C=O) groups is 1. The first-order chi connectivity index (χ1) is 11.6. The Kier molecular flexibility index (Phi) is 5.37. The Balaban J connectivity index is 1.54. The van der Waals surface area contributed by atoms with Crippen LogP contribution in [0.4, 0.5) is 13.6 Å². The number of hydrogen-bond acceptors (Lipinski definition) is 4. The summed E-state index contributed by atoms with van der Waals surface area (Å²) in [6.45, 7) is 1.61. The molecule has 2 amide bonds. The Bertz CT molecular complexity index is 697. The Morgan fingerprint density at radius 3 is 3.04 bits per heavy atom. The summed E-state index contributed by atoms with van der Waals surface area (Å²) < 4.78 is 32.0. The third-order valence-corrected chi connectivity index (χ3v) is 4.45. The molecule has 2 heterocycles. The molecule has 1 N–H and O–H groups in total. The van der Waals surface area contributed by atoms with Crippen molar-refractivity contribution in [1.29, 1.82) is 0 Å². The van der Waals surface area contributed by atoms with Crippen LogP contribution in [0.15, 0.2) is 29.1 Å². The second-order valence-electron chi connectivity index (χ2n) is 5.44. The molecule has 0 saturated carbocycles. The van der Waals surface area contributed by atoms with E-state index in [4.69, 9.17) is 4.74 Å². The van der Waals surface area contributed by atoms with Crippen LogP contribution in [0.5, 0.6) is 0 Å². The van der Waals surface area contributed by atoms with Gasteiger partial charge in [-0.25, -0.2) is 18.6 Å². The summed E-state index contributed by atoms with van der Waals surface area (Å²) in [6, 6.07) is 3.47. The molecule has 8 heteroatoms. The number of ether oxygens (including phenoxy) is 1. The predicted molar refractivity (Wildman–Crippen MR) is 85.8 cm³/mol. The minimum Gasteiger partial charge on any atom is -0.370 e.